The normalized spacial score (nSPS) is 11.6. The number of ether oxygens (including phenoxy) is 1. The summed E-state index contributed by atoms with van der Waals surface area (Å²) < 4.78 is 19.5. The molecule has 0 unspecified atom stereocenters. The molecule has 19 heavy (non-hydrogen) atoms. The van der Waals surface area contributed by atoms with Crippen molar-refractivity contribution in [3.63, 3.8) is 0 Å². The molecular formula is C13H14BrFN2O2. The third-order valence-corrected chi connectivity index (χ3v) is 2.98. The smallest absolute Gasteiger partial charge is 0.412 e. The summed E-state index contributed by atoms with van der Waals surface area (Å²) in [5.74, 6) is -0.426. The summed E-state index contributed by atoms with van der Waals surface area (Å²) in [6.07, 6.45) is 0.914. The van der Waals surface area contributed by atoms with E-state index in [1.807, 2.05) is 0 Å². The molecule has 0 aliphatic heterocycles. The minimum absolute atomic E-state index is 0.320. The summed E-state index contributed by atoms with van der Waals surface area (Å²) in [5, 5.41) is 2.86. The lowest BCUT2D eigenvalue weighted by molar-refractivity contribution is 0.0636. The van der Waals surface area contributed by atoms with E-state index in [1.54, 1.807) is 32.9 Å². The summed E-state index contributed by atoms with van der Waals surface area (Å²) in [6, 6.07) is 3.33. The molecule has 102 valence electrons. The first-order chi connectivity index (χ1) is 8.78. The van der Waals surface area contributed by atoms with Crippen LogP contribution in [0.15, 0.2) is 22.8 Å². The molecule has 1 amide bonds. The van der Waals surface area contributed by atoms with Crippen molar-refractivity contribution in [1.29, 1.82) is 0 Å². The Labute approximate surface area is 118 Å². The molecule has 1 aromatic heterocycles. The molecule has 2 aromatic rings. The zero-order valence-electron chi connectivity index (χ0n) is 10.8. The Morgan fingerprint density at radius 2 is 2.11 bits per heavy atom. The van der Waals surface area contributed by atoms with Crippen molar-refractivity contribution in [3.8, 4) is 0 Å². The lowest BCUT2D eigenvalue weighted by Gasteiger charge is -2.19. The van der Waals surface area contributed by atoms with Gasteiger partial charge in [-0.3, -0.25) is 5.32 Å². The first kappa shape index (κ1) is 13.9. The van der Waals surface area contributed by atoms with E-state index < -0.39 is 17.5 Å². The van der Waals surface area contributed by atoms with Gasteiger partial charge in [0.25, 0.3) is 0 Å². The van der Waals surface area contributed by atoms with Gasteiger partial charge in [0, 0.05) is 6.20 Å². The van der Waals surface area contributed by atoms with E-state index in [0.29, 0.717) is 21.1 Å². The number of nitrogens with one attached hydrogen (secondary N) is 2. The third-order valence-electron chi connectivity index (χ3n) is 2.37. The third kappa shape index (κ3) is 3.07. The average Bonchev–Trinajstić information content (AvgIpc) is 2.65. The number of H-pyrrole nitrogens is 1. The fourth-order valence-electron chi connectivity index (χ4n) is 1.67. The van der Waals surface area contributed by atoms with Gasteiger partial charge in [0.15, 0.2) is 0 Å². The molecule has 2 rings (SSSR count). The van der Waals surface area contributed by atoms with Crippen molar-refractivity contribution in [2.24, 2.45) is 0 Å². The number of carbonyl (C=O) groups is 1. The van der Waals surface area contributed by atoms with Crippen LogP contribution in [-0.4, -0.2) is 16.7 Å². The number of rotatable bonds is 1. The second-order valence-corrected chi connectivity index (χ2v) is 5.97. The van der Waals surface area contributed by atoms with Gasteiger partial charge in [-0.25, -0.2) is 9.18 Å². The predicted octanol–water partition coefficient (Wildman–Crippen LogP) is 4.42. The highest BCUT2D eigenvalue weighted by Crippen LogP contribution is 2.30. The highest BCUT2D eigenvalue weighted by atomic mass is 79.9. The molecule has 0 atom stereocenters. The lowest BCUT2D eigenvalue weighted by atomic mass is 10.2. The molecule has 0 saturated carbocycles. The zero-order valence-corrected chi connectivity index (χ0v) is 12.4. The summed E-state index contributed by atoms with van der Waals surface area (Å²) in [7, 11) is 0. The largest absolute Gasteiger partial charge is 0.444 e. The van der Waals surface area contributed by atoms with Gasteiger partial charge in [-0.2, -0.15) is 0 Å². The zero-order chi connectivity index (χ0) is 14.2. The molecule has 4 nitrogen and oxygen atoms in total. The number of anilines is 1. The van der Waals surface area contributed by atoms with Gasteiger partial charge in [-0.05, 0) is 48.8 Å². The second-order valence-electron chi connectivity index (χ2n) is 5.11. The fourth-order valence-corrected chi connectivity index (χ4v) is 2.00. The van der Waals surface area contributed by atoms with Crippen molar-refractivity contribution in [2.45, 2.75) is 26.4 Å². The molecule has 0 aliphatic carbocycles. The van der Waals surface area contributed by atoms with Crippen LogP contribution in [0.3, 0.4) is 0 Å². The van der Waals surface area contributed by atoms with Gasteiger partial charge in [0.05, 0.1) is 21.1 Å². The Morgan fingerprint density at radius 1 is 1.42 bits per heavy atom. The van der Waals surface area contributed by atoms with Crippen molar-refractivity contribution >= 4 is 38.6 Å². The molecular weight excluding hydrogens is 315 g/mol. The molecule has 0 aliphatic rings. The Kier molecular flexibility index (Phi) is 3.54. The van der Waals surface area contributed by atoms with Crippen LogP contribution in [0.2, 0.25) is 0 Å². The van der Waals surface area contributed by atoms with E-state index in [4.69, 9.17) is 4.74 Å². The summed E-state index contributed by atoms with van der Waals surface area (Å²) >= 11 is 3.12. The highest BCUT2D eigenvalue weighted by molar-refractivity contribution is 9.10. The maximum Gasteiger partial charge on any atom is 0.412 e. The van der Waals surface area contributed by atoms with Crippen molar-refractivity contribution < 1.29 is 13.9 Å². The van der Waals surface area contributed by atoms with Crippen molar-refractivity contribution in [1.82, 2.24) is 4.98 Å². The number of hydrogen-bond donors (Lipinski definition) is 2. The van der Waals surface area contributed by atoms with Gasteiger partial charge in [0.2, 0.25) is 0 Å². The number of amides is 1. The van der Waals surface area contributed by atoms with Crippen molar-refractivity contribution in [3.05, 3.63) is 28.6 Å². The summed E-state index contributed by atoms with van der Waals surface area (Å²) in [6.45, 7) is 5.29. The van der Waals surface area contributed by atoms with Gasteiger partial charge >= 0.3 is 6.09 Å². The van der Waals surface area contributed by atoms with Gasteiger partial charge in [0.1, 0.15) is 11.4 Å². The highest BCUT2D eigenvalue weighted by Gasteiger charge is 2.19. The standard InChI is InChI=1S/C13H14BrFN2O2/c1-13(2,3)19-12(18)17-9-6-16-8-5-4-7(14)11(15)10(8)9/h4-6,16H,1-3H3,(H,17,18). The lowest BCUT2D eigenvalue weighted by Crippen LogP contribution is -2.27. The van der Waals surface area contributed by atoms with E-state index in [2.05, 4.69) is 26.2 Å². The monoisotopic (exact) mass is 328 g/mol. The van der Waals surface area contributed by atoms with Crippen LogP contribution in [0.5, 0.6) is 0 Å². The first-order valence-electron chi connectivity index (χ1n) is 5.73. The fraction of sp³-hybridized carbons (Fsp3) is 0.308. The SMILES string of the molecule is CC(C)(C)OC(=O)Nc1c[nH]c2ccc(Br)c(F)c12. The van der Waals surface area contributed by atoms with Crippen LogP contribution in [0, 0.1) is 5.82 Å². The molecule has 1 aromatic carbocycles. The van der Waals surface area contributed by atoms with Gasteiger partial charge < -0.3 is 9.72 Å². The molecule has 0 fully saturated rings. The number of hydrogen-bond acceptors (Lipinski definition) is 2. The number of benzene rings is 1. The maximum absolute atomic E-state index is 14.0. The van der Waals surface area contributed by atoms with E-state index in [1.165, 1.54) is 6.20 Å². The second kappa shape index (κ2) is 4.85. The van der Waals surface area contributed by atoms with E-state index in [9.17, 15) is 9.18 Å². The van der Waals surface area contributed by atoms with Crippen LogP contribution in [0.25, 0.3) is 10.9 Å². The first-order valence-corrected chi connectivity index (χ1v) is 6.52. The van der Waals surface area contributed by atoms with Crippen LogP contribution in [0.1, 0.15) is 20.8 Å². The van der Waals surface area contributed by atoms with E-state index in [0.717, 1.165) is 0 Å². The number of carbonyl (C=O) groups excluding carboxylic acids is 1. The number of aromatic amines is 1. The van der Waals surface area contributed by atoms with Crippen LogP contribution >= 0.6 is 15.9 Å². The minimum atomic E-state index is -0.618. The van der Waals surface area contributed by atoms with Gasteiger partial charge in [-0.15, -0.1) is 0 Å². The Bertz CT molecular complexity index is 631. The number of halogens is 2. The predicted molar refractivity (Wildman–Crippen MR) is 75.8 cm³/mol. The summed E-state index contributed by atoms with van der Waals surface area (Å²) in [4.78, 5) is 14.6. The Balaban J connectivity index is 2.31. The van der Waals surface area contributed by atoms with Crippen LogP contribution < -0.4 is 5.32 Å². The van der Waals surface area contributed by atoms with E-state index in [-0.39, 0.29) is 0 Å². The molecule has 0 radical (unpaired) electrons. The minimum Gasteiger partial charge on any atom is -0.444 e. The Morgan fingerprint density at radius 3 is 2.74 bits per heavy atom. The molecule has 6 heteroatoms. The Hall–Kier alpha value is -1.56. The van der Waals surface area contributed by atoms with Crippen LogP contribution in [-0.2, 0) is 4.74 Å². The molecule has 0 bridgehead atoms. The quantitative estimate of drug-likeness (QED) is 0.814. The number of aromatic nitrogens is 1. The maximum atomic E-state index is 14.0. The summed E-state index contributed by atoms with van der Waals surface area (Å²) in [5.41, 5.74) is 0.352. The number of fused-ring (bicyclic) bond motifs is 1. The molecule has 2 N–H and O–H groups in total. The average molecular weight is 329 g/mol. The van der Waals surface area contributed by atoms with Gasteiger partial charge in [-0.1, -0.05) is 0 Å². The topological polar surface area (TPSA) is 54.1 Å². The molecule has 0 saturated heterocycles. The molecule has 1 heterocycles. The van der Waals surface area contributed by atoms with Crippen LogP contribution in [0.4, 0.5) is 14.9 Å². The molecule has 0 spiro atoms. The van der Waals surface area contributed by atoms with E-state index >= 15 is 0 Å². The van der Waals surface area contributed by atoms with Crippen molar-refractivity contribution in [2.75, 3.05) is 5.32 Å².